The van der Waals surface area contributed by atoms with Crippen molar-refractivity contribution < 1.29 is 18.3 Å². The van der Waals surface area contributed by atoms with Gasteiger partial charge in [0.2, 0.25) is 0 Å². The monoisotopic (exact) mass is 427 g/mol. The van der Waals surface area contributed by atoms with E-state index in [0.29, 0.717) is 18.8 Å². The molecule has 2 N–H and O–H groups in total. The first-order valence-electron chi connectivity index (χ1n) is 9.74. The van der Waals surface area contributed by atoms with Crippen LogP contribution in [0.5, 0.6) is 5.75 Å². The van der Waals surface area contributed by atoms with E-state index in [9.17, 15) is 18.4 Å². The zero-order valence-corrected chi connectivity index (χ0v) is 16.8. The smallest absolute Gasteiger partial charge is 0.315 e. The van der Waals surface area contributed by atoms with Gasteiger partial charge in [-0.05, 0) is 34.9 Å². The summed E-state index contributed by atoms with van der Waals surface area (Å²) < 4.78 is 31.1. The number of aromatic nitrogens is 1. The van der Waals surface area contributed by atoms with E-state index in [1.54, 1.807) is 41.1 Å². The second kappa shape index (κ2) is 10.9. The molecule has 0 aliphatic rings. The van der Waals surface area contributed by atoms with Crippen molar-refractivity contribution in [3.63, 3.8) is 0 Å². The van der Waals surface area contributed by atoms with Gasteiger partial charge in [0.15, 0.2) is 0 Å². The molecule has 0 spiro atoms. The Bertz CT molecular complexity index is 1050. The van der Waals surface area contributed by atoms with Crippen molar-refractivity contribution in [2.24, 2.45) is 0 Å². The lowest BCUT2D eigenvalue weighted by Gasteiger charge is -2.10. The molecule has 8 heteroatoms. The van der Waals surface area contributed by atoms with Crippen LogP contribution in [0.15, 0.2) is 77.7 Å². The van der Waals surface area contributed by atoms with E-state index in [1.165, 1.54) is 6.07 Å². The van der Waals surface area contributed by atoms with Gasteiger partial charge in [-0.1, -0.05) is 42.5 Å². The summed E-state index contributed by atoms with van der Waals surface area (Å²) in [6.07, 6.45) is -0.800. The van der Waals surface area contributed by atoms with Crippen molar-refractivity contribution in [1.82, 2.24) is 15.2 Å². The average Bonchev–Trinajstić information content (AvgIpc) is 2.77. The van der Waals surface area contributed by atoms with Crippen molar-refractivity contribution in [2.75, 3.05) is 6.61 Å². The molecule has 1 heterocycles. The fourth-order valence-electron chi connectivity index (χ4n) is 2.88. The molecule has 1 aromatic heterocycles. The molecule has 2 aromatic carbocycles. The Hall–Kier alpha value is -3.68. The summed E-state index contributed by atoms with van der Waals surface area (Å²) in [6.45, 7) is 0.392. The van der Waals surface area contributed by atoms with Gasteiger partial charge < -0.3 is 19.9 Å². The number of alkyl halides is 2. The van der Waals surface area contributed by atoms with Crippen molar-refractivity contribution in [3.8, 4) is 5.75 Å². The quantitative estimate of drug-likeness (QED) is 0.549. The highest BCUT2D eigenvalue weighted by atomic mass is 19.3. The number of pyridine rings is 1. The number of amides is 2. The molecule has 0 atom stereocenters. The molecule has 0 saturated heterocycles. The van der Waals surface area contributed by atoms with Crippen LogP contribution < -0.4 is 20.9 Å². The van der Waals surface area contributed by atoms with Crippen LogP contribution in [0.1, 0.15) is 16.7 Å². The third kappa shape index (κ3) is 7.26. The third-order valence-electron chi connectivity index (χ3n) is 4.46. The molecule has 0 fully saturated rings. The minimum Gasteiger partial charge on any atom is -0.488 e. The number of nitrogens with zero attached hydrogens (tertiary/aromatic N) is 1. The van der Waals surface area contributed by atoms with Gasteiger partial charge in [0.1, 0.15) is 12.4 Å². The average molecular weight is 427 g/mol. The van der Waals surface area contributed by atoms with Crippen molar-refractivity contribution >= 4 is 6.03 Å². The van der Waals surface area contributed by atoms with E-state index in [2.05, 4.69) is 10.6 Å². The molecule has 0 bridgehead atoms. The first-order valence-corrected chi connectivity index (χ1v) is 9.74. The lowest BCUT2D eigenvalue weighted by molar-refractivity contribution is 0.0818. The number of urea groups is 1. The molecular formula is C23H23F2N3O3. The van der Waals surface area contributed by atoms with Crippen LogP contribution >= 0.6 is 0 Å². The highest BCUT2D eigenvalue weighted by Crippen LogP contribution is 2.14. The molecule has 0 saturated carbocycles. The van der Waals surface area contributed by atoms with E-state index in [0.717, 1.165) is 16.7 Å². The van der Waals surface area contributed by atoms with E-state index in [4.69, 9.17) is 4.74 Å². The van der Waals surface area contributed by atoms with Crippen molar-refractivity contribution in [1.29, 1.82) is 0 Å². The molecule has 3 rings (SSSR count). The Kier molecular flexibility index (Phi) is 7.75. The number of hydrogen-bond acceptors (Lipinski definition) is 3. The van der Waals surface area contributed by atoms with Gasteiger partial charge in [0, 0.05) is 25.4 Å². The van der Waals surface area contributed by atoms with Gasteiger partial charge in [-0.25, -0.2) is 13.6 Å². The predicted octanol–water partition coefficient (Wildman–Crippen LogP) is 3.54. The molecule has 3 aromatic rings. The number of rotatable bonds is 9. The van der Waals surface area contributed by atoms with Crippen LogP contribution in [0.4, 0.5) is 13.6 Å². The number of carbonyl (C=O) groups excluding carboxylic acids is 1. The van der Waals surface area contributed by atoms with Crippen LogP contribution in [0.25, 0.3) is 0 Å². The van der Waals surface area contributed by atoms with E-state index >= 15 is 0 Å². The van der Waals surface area contributed by atoms with E-state index < -0.39 is 13.0 Å². The number of hydrogen-bond donors (Lipinski definition) is 2. The lowest BCUT2D eigenvalue weighted by Crippen LogP contribution is -2.34. The second-order valence-electron chi connectivity index (χ2n) is 6.87. The van der Waals surface area contributed by atoms with Crippen LogP contribution in [0.2, 0.25) is 0 Å². The van der Waals surface area contributed by atoms with Crippen LogP contribution in [-0.2, 0) is 19.6 Å². The molecule has 2 amide bonds. The first-order chi connectivity index (χ1) is 15.0. The van der Waals surface area contributed by atoms with Gasteiger partial charge in [0.25, 0.3) is 12.0 Å². The molecule has 0 aliphatic carbocycles. The minimum absolute atomic E-state index is 0.0592. The number of ether oxygens (including phenoxy) is 1. The van der Waals surface area contributed by atoms with Crippen molar-refractivity contribution in [2.45, 2.75) is 26.1 Å². The van der Waals surface area contributed by atoms with Gasteiger partial charge in [-0.3, -0.25) is 4.79 Å². The summed E-state index contributed by atoms with van der Waals surface area (Å²) >= 11 is 0. The summed E-state index contributed by atoms with van der Waals surface area (Å²) in [7, 11) is 0. The predicted molar refractivity (Wildman–Crippen MR) is 113 cm³/mol. The summed E-state index contributed by atoms with van der Waals surface area (Å²) in [5, 5.41) is 5.49. The maximum atomic E-state index is 12.2. The van der Waals surface area contributed by atoms with Gasteiger partial charge in [-0.2, -0.15) is 0 Å². The zero-order valence-electron chi connectivity index (χ0n) is 16.8. The van der Waals surface area contributed by atoms with Gasteiger partial charge in [0.05, 0.1) is 6.54 Å². The largest absolute Gasteiger partial charge is 0.488 e. The van der Waals surface area contributed by atoms with E-state index in [-0.39, 0.29) is 18.1 Å². The Morgan fingerprint density at radius 2 is 1.61 bits per heavy atom. The first kappa shape index (κ1) is 22.0. The van der Waals surface area contributed by atoms with Crippen molar-refractivity contribution in [3.05, 3.63) is 100.0 Å². The summed E-state index contributed by atoms with van der Waals surface area (Å²) in [5.41, 5.74) is 2.58. The third-order valence-corrected chi connectivity index (χ3v) is 4.46. The Labute approximate surface area is 178 Å². The molecule has 31 heavy (non-hydrogen) atoms. The molecule has 0 radical (unpaired) electrons. The molecular weight excluding hydrogens is 404 g/mol. The highest BCUT2D eigenvalue weighted by molar-refractivity contribution is 5.73. The SMILES string of the molecule is O=C(NCc1ccc(Cn2ccccc2=O)cc1)NCc1cccc(OCC(F)F)c1. The fraction of sp³-hybridized carbons (Fsp3) is 0.217. The van der Waals surface area contributed by atoms with Gasteiger partial charge >= 0.3 is 6.03 Å². The number of nitrogens with one attached hydrogen (secondary N) is 2. The summed E-state index contributed by atoms with van der Waals surface area (Å²) in [5.74, 6) is 0.331. The molecule has 162 valence electrons. The Morgan fingerprint density at radius 1 is 0.903 bits per heavy atom. The number of halogens is 2. The van der Waals surface area contributed by atoms with Crippen LogP contribution in [0, 0.1) is 0 Å². The number of benzene rings is 2. The lowest BCUT2D eigenvalue weighted by atomic mass is 10.1. The normalized spacial score (nSPS) is 10.7. The van der Waals surface area contributed by atoms with Crippen LogP contribution in [0.3, 0.4) is 0 Å². The summed E-state index contributed by atoms with van der Waals surface area (Å²) in [4.78, 5) is 23.8. The second-order valence-corrected chi connectivity index (χ2v) is 6.87. The summed E-state index contributed by atoms with van der Waals surface area (Å²) in [6, 6.07) is 19.0. The minimum atomic E-state index is -2.54. The van der Waals surface area contributed by atoms with Crippen LogP contribution in [-0.4, -0.2) is 23.6 Å². The maximum Gasteiger partial charge on any atom is 0.315 e. The Morgan fingerprint density at radius 3 is 2.32 bits per heavy atom. The van der Waals surface area contributed by atoms with Gasteiger partial charge in [-0.15, -0.1) is 0 Å². The maximum absolute atomic E-state index is 12.2. The highest BCUT2D eigenvalue weighted by Gasteiger charge is 2.05. The molecule has 0 unspecified atom stereocenters. The fourth-order valence-corrected chi connectivity index (χ4v) is 2.88. The zero-order chi connectivity index (χ0) is 22.1. The number of carbonyl (C=O) groups is 1. The topological polar surface area (TPSA) is 72.4 Å². The standard InChI is InChI=1S/C23H23F2N3O3/c24-21(25)16-31-20-5-3-4-19(12-20)14-27-23(30)26-13-17-7-9-18(10-8-17)15-28-11-2-1-6-22(28)29/h1-12,21H,13-16H2,(H2,26,27,30). The molecule has 6 nitrogen and oxygen atoms in total. The van der Waals surface area contributed by atoms with E-state index in [1.807, 2.05) is 30.3 Å². The Balaban J connectivity index is 1.44. The molecule has 0 aliphatic heterocycles.